The molecule has 1 spiro atoms. The molecule has 6 nitrogen and oxygen atoms in total. The average molecular weight is 636 g/mol. The second kappa shape index (κ2) is 10.7. The Hall–Kier alpha value is -3.36. The highest BCUT2D eigenvalue weighted by molar-refractivity contribution is 8.00. The van der Waals surface area contributed by atoms with Gasteiger partial charge in [0, 0.05) is 29.5 Å². The normalized spacial score (nSPS) is 26.5. The number of nitrogens with zero attached hydrogens (tertiary/aromatic N) is 1. The lowest BCUT2D eigenvalue weighted by Gasteiger charge is -2.36. The van der Waals surface area contributed by atoms with E-state index in [1.54, 1.807) is 4.90 Å². The van der Waals surface area contributed by atoms with Gasteiger partial charge in [-0.1, -0.05) is 24.3 Å². The summed E-state index contributed by atoms with van der Waals surface area (Å²) in [5.74, 6) is -1.69. The Morgan fingerprint density at radius 3 is 1.95 bits per heavy atom. The van der Waals surface area contributed by atoms with Crippen LogP contribution in [0.2, 0.25) is 0 Å². The molecule has 2 heterocycles. The number of hydrogen-bond donors (Lipinski definition) is 2. The number of imide groups is 1. The van der Waals surface area contributed by atoms with Gasteiger partial charge < -0.3 is 10.2 Å². The molecule has 0 radical (unpaired) electrons. The molecule has 1 atom stereocenters. The molecule has 232 valence electrons. The van der Waals surface area contributed by atoms with E-state index in [4.69, 9.17) is 0 Å². The highest BCUT2D eigenvalue weighted by atomic mass is 32.2. The minimum atomic E-state index is -6.26. The summed E-state index contributed by atoms with van der Waals surface area (Å²) in [4.78, 5) is 39.5. The molecule has 2 N–H and O–H groups in total. The standard InChI is InChI=1S/C28H25F8N3O3S/c29-19-5-7-20(8-6-19)43-25(17-1-3-18(4-2-17)26(30,27(31,32)33)28(34,35)36)13-14-39(15-25)21(40)16-9-11-24(12-10-16)22(41)37-23(42)38-24/h1-8,16H,9-15H2,(H2,37,38,41,42)/t16?,24?,25-/m0/s1. The Balaban J connectivity index is 1.41. The van der Waals surface area contributed by atoms with Crippen LogP contribution in [0.15, 0.2) is 53.4 Å². The average Bonchev–Trinajstić information content (AvgIpc) is 3.49. The summed E-state index contributed by atoms with van der Waals surface area (Å²) in [5.41, 5.74) is -8.01. The number of urea groups is 1. The molecular formula is C28H25F8N3O3S. The summed E-state index contributed by atoms with van der Waals surface area (Å²) in [7, 11) is 0. The number of alkyl halides is 7. The van der Waals surface area contributed by atoms with E-state index in [1.165, 1.54) is 36.0 Å². The van der Waals surface area contributed by atoms with Crippen molar-refractivity contribution in [3.05, 3.63) is 65.5 Å². The Morgan fingerprint density at radius 1 is 0.860 bits per heavy atom. The first-order valence-electron chi connectivity index (χ1n) is 13.3. The van der Waals surface area contributed by atoms with Gasteiger partial charge in [-0.25, -0.2) is 13.6 Å². The van der Waals surface area contributed by atoms with Crippen molar-refractivity contribution in [1.82, 2.24) is 15.5 Å². The van der Waals surface area contributed by atoms with Crippen LogP contribution in [0.25, 0.3) is 0 Å². The topological polar surface area (TPSA) is 78.5 Å². The minimum Gasteiger partial charge on any atom is -0.341 e. The molecule has 1 saturated carbocycles. The van der Waals surface area contributed by atoms with Crippen LogP contribution >= 0.6 is 11.8 Å². The monoisotopic (exact) mass is 635 g/mol. The maximum atomic E-state index is 14.7. The lowest BCUT2D eigenvalue weighted by molar-refractivity contribution is -0.348. The summed E-state index contributed by atoms with van der Waals surface area (Å²) in [6.45, 7) is 0.219. The van der Waals surface area contributed by atoms with Crippen LogP contribution in [0.3, 0.4) is 0 Å². The van der Waals surface area contributed by atoms with Gasteiger partial charge in [-0.15, -0.1) is 11.8 Å². The summed E-state index contributed by atoms with van der Waals surface area (Å²) in [5, 5.41) is 4.83. The zero-order valence-corrected chi connectivity index (χ0v) is 23.1. The van der Waals surface area contributed by atoms with Crippen molar-refractivity contribution in [2.45, 2.75) is 65.3 Å². The Bertz CT molecular complexity index is 1390. The third kappa shape index (κ3) is 5.44. The van der Waals surface area contributed by atoms with Gasteiger partial charge >= 0.3 is 24.1 Å². The van der Waals surface area contributed by atoms with Gasteiger partial charge in [0.25, 0.3) is 5.91 Å². The number of nitrogens with one attached hydrogen (secondary N) is 2. The van der Waals surface area contributed by atoms with Crippen molar-refractivity contribution >= 4 is 29.6 Å². The lowest BCUT2D eigenvalue weighted by atomic mass is 9.76. The summed E-state index contributed by atoms with van der Waals surface area (Å²) in [6, 6.07) is 7.61. The number of halogens is 8. The van der Waals surface area contributed by atoms with Crippen LogP contribution in [0, 0.1) is 11.7 Å². The van der Waals surface area contributed by atoms with Gasteiger partial charge in [-0.05, 0) is 61.9 Å². The zero-order valence-electron chi connectivity index (χ0n) is 22.2. The minimum absolute atomic E-state index is 0.0192. The van der Waals surface area contributed by atoms with Crippen molar-refractivity contribution in [2.24, 2.45) is 5.92 Å². The molecule has 1 aliphatic carbocycles. The smallest absolute Gasteiger partial charge is 0.341 e. The van der Waals surface area contributed by atoms with Gasteiger partial charge in [-0.3, -0.25) is 14.9 Å². The van der Waals surface area contributed by atoms with Gasteiger partial charge in [-0.2, -0.15) is 26.3 Å². The van der Waals surface area contributed by atoms with Gasteiger partial charge in [0.05, 0.1) is 4.75 Å². The van der Waals surface area contributed by atoms with Gasteiger partial charge in [0.2, 0.25) is 5.91 Å². The predicted octanol–water partition coefficient (Wildman–Crippen LogP) is 6.10. The SMILES string of the molecule is O=C1NC(=O)C2(CCC(C(=O)N3CC[C@@](Sc4ccc(F)cc4)(c4ccc(C(F)(C(F)(F)F)C(F)(F)F)cc4)C3)CC2)N1. The molecule has 0 aromatic heterocycles. The van der Waals surface area contributed by atoms with E-state index in [9.17, 15) is 49.5 Å². The van der Waals surface area contributed by atoms with E-state index in [-0.39, 0.29) is 43.8 Å². The quantitative estimate of drug-likeness (QED) is 0.308. The van der Waals surface area contributed by atoms with E-state index in [2.05, 4.69) is 10.6 Å². The van der Waals surface area contributed by atoms with Crippen LogP contribution in [0.5, 0.6) is 0 Å². The molecular weight excluding hydrogens is 610 g/mol. The maximum absolute atomic E-state index is 14.7. The zero-order chi connectivity index (χ0) is 31.4. The molecule has 43 heavy (non-hydrogen) atoms. The number of likely N-dealkylation sites (tertiary alicyclic amines) is 1. The second-order valence-corrected chi connectivity index (χ2v) is 12.5. The molecule has 3 aliphatic rings. The number of rotatable bonds is 5. The van der Waals surface area contributed by atoms with E-state index in [1.807, 2.05) is 0 Å². The summed E-state index contributed by atoms with van der Waals surface area (Å²) in [6.07, 6.45) is -11.2. The Morgan fingerprint density at radius 2 is 1.44 bits per heavy atom. The number of benzene rings is 2. The third-order valence-corrected chi connectivity index (χ3v) is 9.93. The Kier molecular flexibility index (Phi) is 7.71. The number of carbonyl (C=O) groups excluding carboxylic acids is 3. The summed E-state index contributed by atoms with van der Waals surface area (Å²) >= 11 is 1.17. The predicted molar refractivity (Wildman–Crippen MR) is 138 cm³/mol. The highest BCUT2D eigenvalue weighted by Crippen LogP contribution is 2.54. The lowest BCUT2D eigenvalue weighted by Crippen LogP contribution is -2.51. The van der Waals surface area contributed by atoms with Crippen molar-refractivity contribution < 1.29 is 49.5 Å². The largest absolute Gasteiger partial charge is 0.435 e. The fraction of sp³-hybridized carbons (Fsp3) is 0.464. The van der Waals surface area contributed by atoms with Gasteiger partial charge in [0.15, 0.2) is 0 Å². The van der Waals surface area contributed by atoms with Crippen LogP contribution in [-0.2, 0) is 20.0 Å². The molecule has 2 aromatic carbocycles. The molecule has 3 fully saturated rings. The van der Waals surface area contributed by atoms with Gasteiger partial charge in [0.1, 0.15) is 11.4 Å². The highest BCUT2D eigenvalue weighted by Gasteiger charge is 2.73. The number of amides is 4. The number of thioether (sulfide) groups is 1. The maximum Gasteiger partial charge on any atom is 0.435 e. The first-order valence-corrected chi connectivity index (χ1v) is 14.1. The van der Waals surface area contributed by atoms with E-state index in [0.29, 0.717) is 29.9 Å². The van der Waals surface area contributed by atoms with Crippen LogP contribution in [0.1, 0.15) is 43.2 Å². The van der Waals surface area contributed by atoms with Crippen molar-refractivity contribution in [3.63, 3.8) is 0 Å². The first kappa shape index (κ1) is 31.1. The van der Waals surface area contributed by atoms with E-state index in [0.717, 1.165) is 12.1 Å². The van der Waals surface area contributed by atoms with Crippen LogP contribution in [0.4, 0.5) is 39.9 Å². The third-order valence-electron chi connectivity index (χ3n) is 8.46. The molecule has 2 aliphatic heterocycles. The fourth-order valence-electron chi connectivity index (χ4n) is 6.06. The number of hydrogen-bond acceptors (Lipinski definition) is 4. The molecule has 4 amide bonds. The molecule has 0 bridgehead atoms. The van der Waals surface area contributed by atoms with E-state index < -0.39 is 57.5 Å². The molecule has 5 rings (SSSR count). The first-order chi connectivity index (χ1) is 20.0. The van der Waals surface area contributed by atoms with Crippen LogP contribution < -0.4 is 10.6 Å². The van der Waals surface area contributed by atoms with Crippen molar-refractivity contribution in [3.8, 4) is 0 Å². The van der Waals surface area contributed by atoms with Crippen molar-refractivity contribution in [1.29, 1.82) is 0 Å². The summed E-state index contributed by atoms with van der Waals surface area (Å²) < 4.78 is 107. The Labute approximate surface area is 244 Å². The van der Waals surface area contributed by atoms with Crippen LogP contribution in [-0.4, -0.2) is 53.7 Å². The molecule has 15 heteroatoms. The molecule has 2 saturated heterocycles. The molecule has 0 unspecified atom stereocenters. The second-order valence-electron chi connectivity index (χ2n) is 11.1. The van der Waals surface area contributed by atoms with Crippen molar-refractivity contribution in [2.75, 3.05) is 13.1 Å². The van der Waals surface area contributed by atoms with E-state index >= 15 is 0 Å². The molecule has 2 aromatic rings. The number of carbonyl (C=O) groups is 3. The fourth-order valence-corrected chi connectivity index (χ4v) is 7.45.